The predicted octanol–water partition coefficient (Wildman–Crippen LogP) is 7.51. The Kier molecular flexibility index (Phi) is 5.80. The minimum atomic E-state index is -1.55. The third-order valence-corrected chi connectivity index (χ3v) is 9.74. The molecule has 0 amide bonds. The van der Waals surface area contributed by atoms with Gasteiger partial charge in [-0.05, 0) is 69.4 Å². The lowest BCUT2D eigenvalue weighted by Gasteiger charge is -2.48. The van der Waals surface area contributed by atoms with Crippen molar-refractivity contribution in [2.24, 2.45) is 13.0 Å². The monoisotopic (exact) mass is 544 g/mol. The fourth-order valence-electron chi connectivity index (χ4n) is 7.82. The molecule has 1 aliphatic heterocycles. The quantitative estimate of drug-likeness (QED) is 0.181. The molecule has 2 aromatic heterocycles. The van der Waals surface area contributed by atoms with E-state index in [9.17, 15) is 5.11 Å². The average Bonchev–Trinajstić information content (AvgIpc) is 3.29. The molecular formula is C36H38N3O2+. The molecule has 0 spiro atoms. The summed E-state index contributed by atoms with van der Waals surface area (Å²) < 4.78 is 10.8. The molecule has 3 heterocycles. The Bertz CT molecular complexity index is 2000. The van der Waals surface area contributed by atoms with Gasteiger partial charge in [0.2, 0.25) is 11.3 Å². The van der Waals surface area contributed by atoms with Crippen LogP contribution < -0.4 is 4.57 Å². The van der Waals surface area contributed by atoms with E-state index in [-0.39, 0.29) is 0 Å². The maximum Gasteiger partial charge on any atom is 0.288 e. The number of aliphatic hydroxyl groups is 1. The number of aryl methyl sites for hydroxylation is 1. The van der Waals surface area contributed by atoms with E-state index < -0.39 is 11.3 Å². The number of aromatic nitrogens is 3. The molecule has 0 fully saturated rings. The SMILES string of the molecule is CCC1(CC)[n+]2cnc3c4c5ccccc5ccc4n(C)c3c2-c2cc(CC(C)C)c3ccccc3c2C1(O)OC. The van der Waals surface area contributed by atoms with Crippen LogP contribution in [0.25, 0.3) is 54.7 Å². The summed E-state index contributed by atoms with van der Waals surface area (Å²) in [4.78, 5) is 5.17. The molecule has 0 bridgehead atoms. The van der Waals surface area contributed by atoms with Crippen LogP contribution in [0.3, 0.4) is 0 Å². The van der Waals surface area contributed by atoms with Crippen LogP contribution in [0.2, 0.25) is 0 Å². The smallest absolute Gasteiger partial charge is 0.288 e. The van der Waals surface area contributed by atoms with Gasteiger partial charge in [0.05, 0.1) is 10.9 Å². The minimum Gasteiger partial charge on any atom is -0.358 e. The molecule has 0 radical (unpaired) electrons. The summed E-state index contributed by atoms with van der Waals surface area (Å²) in [5.74, 6) is -1.06. The molecule has 6 aromatic rings. The molecule has 5 nitrogen and oxygen atoms in total. The van der Waals surface area contributed by atoms with Gasteiger partial charge in [-0.2, -0.15) is 0 Å². The zero-order valence-corrected chi connectivity index (χ0v) is 24.8. The molecule has 7 rings (SSSR count). The molecule has 41 heavy (non-hydrogen) atoms. The second-order valence-corrected chi connectivity index (χ2v) is 12.1. The van der Waals surface area contributed by atoms with Crippen molar-refractivity contribution < 1.29 is 14.4 Å². The molecule has 208 valence electrons. The fraction of sp³-hybridized carbons (Fsp3) is 0.333. The third kappa shape index (κ3) is 3.25. The van der Waals surface area contributed by atoms with Crippen LogP contribution in [0.15, 0.2) is 73.1 Å². The number of rotatable bonds is 5. The summed E-state index contributed by atoms with van der Waals surface area (Å²) in [5.41, 5.74) is 6.71. The van der Waals surface area contributed by atoms with Gasteiger partial charge in [-0.25, -0.2) is 4.57 Å². The summed E-state index contributed by atoms with van der Waals surface area (Å²) in [6, 6.07) is 23.8. The Hall–Kier alpha value is -3.80. The lowest BCUT2D eigenvalue weighted by molar-refractivity contribution is -0.791. The summed E-state index contributed by atoms with van der Waals surface area (Å²) in [6.45, 7) is 8.81. The number of ether oxygens (including phenoxy) is 1. The van der Waals surface area contributed by atoms with Crippen molar-refractivity contribution >= 4 is 43.5 Å². The standard InChI is InChI=1S/C36H38N3O2/c1-7-35(8-2)36(40,41-6)31-27-16-12-11-14-25(27)24(19-22(3)4)20-28(31)33-34-32(37-21-39(33)35)30-26-15-10-9-13-23(26)17-18-29(30)38(34)5/h9-18,20-22,40H,7-8,19H2,1-6H3/q+1. The van der Waals surface area contributed by atoms with E-state index in [1.807, 2.05) is 6.33 Å². The second-order valence-electron chi connectivity index (χ2n) is 12.1. The normalized spacial score (nSPS) is 18.0. The van der Waals surface area contributed by atoms with Gasteiger partial charge in [0.25, 0.3) is 6.33 Å². The fourth-order valence-corrected chi connectivity index (χ4v) is 7.82. The van der Waals surface area contributed by atoms with Gasteiger partial charge < -0.3 is 14.4 Å². The Morgan fingerprint density at radius 3 is 2.32 bits per heavy atom. The number of fused-ring (bicyclic) bond motifs is 11. The van der Waals surface area contributed by atoms with Crippen molar-refractivity contribution in [1.29, 1.82) is 0 Å². The van der Waals surface area contributed by atoms with E-state index >= 15 is 0 Å². The molecule has 0 aliphatic carbocycles. The van der Waals surface area contributed by atoms with Crippen molar-refractivity contribution in [2.45, 2.75) is 58.3 Å². The van der Waals surface area contributed by atoms with E-state index in [1.54, 1.807) is 7.11 Å². The first-order chi connectivity index (χ1) is 19.8. The highest BCUT2D eigenvalue weighted by atomic mass is 16.6. The second kappa shape index (κ2) is 9.10. The van der Waals surface area contributed by atoms with Crippen LogP contribution in [0.1, 0.15) is 51.7 Å². The van der Waals surface area contributed by atoms with E-state index in [1.165, 1.54) is 27.1 Å². The Balaban J connectivity index is 1.75. The molecule has 1 unspecified atom stereocenters. The first kappa shape index (κ1) is 26.1. The van der Waals surface area contributed by atoms with Crippen LogP contribution in [0.4, 0.5) is 0 Å². The number of hydrogen-bond acceptors (Lipinski definition) is 3. The maximum atomic E-state index is 12.8. The zero-order chi connectivity index (χ0) is 28.7. The highest BCUT2D eigenvalue weighted by Gasteiger charge is 2.61. The maximum absolute atomic E-state index is 12.8. The number of hydrogen-bond donors (Lipinski definition) is 1. The predicted molar refractivity (Wildman–Crippen MR) is 167 cm³/mol. The molecular weight excluding hydrogens is 506 g/mol. The van der Waals surface area contributed by atoms with Crippen LogP contribution in [0, 0.1) is 5.92 Å². The van der Waals surface area contributed by atoms with Gasteiger partial charge in [0.15, 0.2) is 11.2 Å². The molecule has 1 aliphatic rings. The molecule has 5 heteroatoms. The van der Waals surface area contributed by atoms with Crippen LogP contribution in [0.5, 0.6) is 0 Å². The number of benzene rings is 4. The number of methoxy groups -OCH3 is 1. The van der Waals surface area contributed by atoms with Gasteiger partial charge in [-0.3, -0.25) is 0 Å². The third-order valence-electron chi connectivity index (χ3n) is 9.74. The highest BCUT2D eigenvalue weighted by Crippen LogP contribution is 2.53. The lowest BCUT2D eigenvalue weighted by Crippen LogP contribution is -2.70. The van der Waals surface area contributed by atoms with E-state index in [0.717, 1.165) is 45.2 Å². The molecule has 1 N–H and O–H groups in total. The van der Waals surface area contributed by atoms with Gasteiger partial charge in [0, 0.05) is 25.3 Å². The van der Waals surface area contributed by atoms with Crippen molar-refractivity contribution in [3.8, 4) is 11.3 Å². The van der Waals surface area contributed by atoms with E-state index in [4.69, 9.17) is 9.72 Å². The van der Waals surface area contributed by atoms with Crippen molar-refractivity contribution in [1.82, 2.24) is 9.55 Å². The summed E-state index contributed by atoms with van der Waals surface area (Å²) in [5, 5.41) is 18.6. The van der Waals surface area contributed by atoms with Crippen LogP contribution in [-0.4, -0.2) is 21.8 Å². The largest absolute Gasteiger partial charge is 0.358 e. The minimum absolute atomic E-state index is 0.486. The van der Waals surface area contributed by atoms with Crippen LogP contribution in [-0.2, 0) is 29.5 Å². The molecule has 0 saturated carbocycles. The van der Waals surface area contributed by atoms with E-state index in [2.05, 4.69) is 111 Å². The topological polar surface area (TPSA) is 51.2 Å². The van der Waals surface area contributed by atoms with E-state index in [0.29, 0.717) is 18.8 Å². The zero-order valence-electron chi connectivity index (χ0n) is 24.8. The van der Waals surface area contributed by atoms with Gasteiger partial charge >= 0.3 is 0 Å². The molecule has 0 saturated heterocycles. The average molecular weight is 545 g/mol. The number of nitrogens with zero attached hydrogens (tertiary/aromatic N) is 3. The van der Waals surface area contributed by atoms with Crippen molar-refractivity contribution in [2.75, 3.05) is 7.11 Å². The highest BCUT2D eigenvalue weighted by molar-refractivity contribution is 6.21. The Morgan fingerprint density at radius 2 is 1.63 bits per heavy atom. The van der Waals surface area contributed by atoms with Gasteiger partial charge in [-0.1, -0.05) is 82.3 Å². The van der Waals surface area contributed by atoms with Crippen molar-refractivity contribution in [3.63, 3.8) is 0 Å². The molecule has 1 atom stereocenters. The van der Waals surface area contributed by atoms with Crippen LogP contribution >= 0.6 is 0 Å². The summed E-state index contributed by atoms with van der Waals surface area (Å²) >= 11 is 0. The molecule has 4 aromatic carbocycles. The van der Waals surface area contributed by atoms with Crippen molar-refractivity contribution in [3.05, 3.63) is 84.2 Å². The lowest BCUT2D eigenvalue weighted by atomic mass is 9.71. The summed E-state index contributed by atoms with van der Waals surface area (Å²) in [7, 11) is 3.79. The first-order valence-electron chi connectivity index (χ1n) is 14.8. The Labute approximate surface area is 241 Å². The van der Waals surface area contributed by atoms with Gasteiger partial charge in [0.1, 0.15) is 5.52 Å². The first-order valence-corrected chi connectivity index (χ1v) is 14.8. The Morgan fingerprint density at radius 1 is 0.951 bits per heavy atom. The summed E-state index contributed by atoms with van der Waals surface area (Å²) in [6.07, 6.45) is 4.25. The van der Waals surface area contributed by atoms with Gasteiger partial charge in [-0.15, -0.1) is 0 Å².